The van der Waals surface area contributed by atoms with E-state index in [0.717, 1.165) is 5.69 Å². The number of hydrogen-bond donors (Lipinski definition) is 1. The van der Waals surface area contributed by atoms with Crippen molar-refractivity contribution in [2.75, 3.05) is 0 Å². The van der Waals surface area contributed by atoms with Gasteiger partial charge in [-0.3, -0.25) is 4.98 Å². The van der Waals surface area contributed by atoms with Crippen LogP contribution in [-0.4, -0.2) is 4.98 Å². The maximum Gasteiger partial charge on any atom is 0.0472 e. The molecule has 96 valence electrons. The third-order valence-corrected chi connectivity index (χ3v) is 4.68. The number of nitrogens with two attached hydrogens (primary N) is 1. The van der Waals surface area contributed by atoms with Crippen molar-refractivity contribution in [1.82, 2.24) is 4.98 Å². The van der Waals surface area contributed by atoms with E-state index in [1.54, 1.807) is 11.3 Å². The molecule has 3 rings (SSSR count). The van der Waals surface area contributed by atoms with Crippen LogP contribution in [0.25, 0.3) is 10.1 Å². The standard InChI is InChI=1S/C16H16N2S/c1-11(13-7-4-5-9-18-13)16(17)15-10-12-6-2-3-8-14(12)19-15/h2-11,16H,17H2,1H3. The molecule has 0 spiro atoms. The van der Waals surface area contributed by atoms with Crippen molar-refractivity contribution in [2.45, 2.75) is 18.9 Å². The molecule has 0 saturated carbocycles. The Morgan fingerprint density at radius 1 is 1.11 bits per heavy atom. The van der Waals surface area contributed by atoms with Crippen LogP contribution in [0, 0.1) is 0 Å². The Bertz CT molecular complexity index is 642. The van der Waals surface area contributed by atoms with Gasteiger partial charge in [0, 0.05) is 33.4 Å². The van der Waals surface area contributed by atoms with E-state index < -0.39 is 0 Å². The van der Waals surface area contributed by atoms with E-state index in [1.807, 2.05) is 24.4 Å². The summed E-state index contributed by atoms with van der Waals surface area (Å²) in [6, 6.07) is 16.6. The first-order chi connectivity index (χ1) is 9.25. The lowest BCUT2D eigenvalue weighted by atomic mass is 9.97. The maximum absolute atomic E-state index is 6.40. The molecule has 2 nitrogen and oxygen atoms in total. The Balaban J connectivity index is 1.93. The van der Waals surface area contributed by atoms with Crippen LogP contribution in [0.1, 0.15) is 29.5 Å². The predicted octanol–water partition coefficient (Wildman–Crippen LogP) is 4.10. The van der Waals surface area contributed by atoms with Crippen LogP contribution >= 0.6 is 11.3 Å². The van der Waals surface area contributed by atoms with E-state index in [2.05, 4.69) is 42.2 Å². The number of pyridine rings is 1. The number of thiophene rings is 1. The molecule has 19 heavy (non-hydrogen) atoms. The fourth-order valence-electron chi connectivity index (χ4n) is 2.24. The molecule has 3 heteroatoms. The average Bonchev–Trinajstić information content (AvgIpc) is 2.90. The number of nitrogens with zero attached hydrogens (tertiary/aromatic N) is 1. The zero-order valence-corrected chi connectivity index (χ0v) is 11.6. The highest BCUT2D eigenvalue weighted by molar-refractivity contribution is 7.19. The van der Waals surface area contributed by atoms with Crippen LogP contribution in [-0.2, 0) is 0 Å². The average molecular weight is 268 g/mol. The lowest BCUT2D eigenvalue weighted by Crippen LogP contribution is -2.17. The number of fused-ring (bicyclic) bond motifs is 1. The number of hydrogen-bond acceptors (Lipinski definition) is 3. The Morgan fingerprint density at radius 3 is 2.63 bits per heavy atom. The second kappa shape index (κ2) is 5.11. The SMILES string of the molecule is CC(c1ccccn1)C(N)c1cc2ccccc2s1. The third kappa shape index (κ3) is 2.39. The molecule has 2 N–H and O–H groups in total. The smallest absolute Gasteiger partial charge is 0.0472 e. The minimum absolute atomic E-state index is 0.00713. The van der Waals surface area contributed by atoms with Crippen LogP contribution < -0.4 is 5.73 Å². The van der Waals surface area contributed by atoms with Gasteiger partial charge in [0.1, 0.15) is 0 Å². The quantitative estimate of drug-likeness (QED) is 0.776. The zero-order valence-electron chi connectivity index (χ0n) is 10.8. The molecule has 0 saturated heterocycles. The lowest BCUT2D eigenvalue weighted by molar-refractivity contribution is 0.593. The van der Waals surface area contributed by atoms with Crippen molar-refractivity contribution in [1.29, 1.82) is 0 Å². The lowest BCUT2D eigenvalue weighted by Gasteiger charge is -2.17. The number of benzene rings is 1. The van der Waals surface area contributed by atoms with Gasteiger partial charge in [0.25, 0.3) is 0 Å². The molecule has 2 aromatic heterocycles. The fraction of sp³-hybridized carbons (Fsp3) is 0.188. The summed E-state index contributed by atoms with van der Waals surface area (Å²) in [5.74, 6) is 0.217. The van der Waals surface area contributed by atoms with Gasteiger partial charge in [-0.2, -0.15) is 0 Å². The summed E-state index contributed by atoms with van der Waals surface area (Å²) in [7, 11) is 0. The minimum Gasteiger partial charge on any atom is -0.323 e. The molecule has 3 aromatic rings. The van der Waals surface area contributed by atoms with Gasteiger partial charge in [-0.05, 0) is 29.7 Å². The zero-order chi connectivity index (χ0) is 13.2. The van der Waals surface area contributed by atoms with Gasteiger partial charge < -0.3 is 5.73 Å². The van der Waals surface area contributed by atoms with E-state index in [-0.39, 0.29) is 12.0 Å². The monoisotopic (exact) mass is 268 g/mol. The van der Waals surface area contributed by atoms with Crippen LogP contribution in [0.15, 0.2) is 54.7 Å². The van der Waals surface area contributed by atoms with Crippen molar-refractivity contribution < 1.29 is 0 Å². The van der Waals surface area contributed by atoms with Gasteiger partial charge in [0.05, 0.1) is 0 Å². The summed E-state index contributed by atoms with van der Waals surface area (Å²) in [6.07, 6.45) is 1.82. The van der Waals surface area contributed by atoms with Crippen molar-refractivity contribution in [2.24, 2.45) is 5.73 Å². The van der Waals surface area contributed by atoms with Gasteiger partial charge in [-0.1, -0.05) is 31.2 Å². The Labute approximate surface area is 116 Å². The molecule has 0 bridgehead atoms. The second-order valence-electron chi connectivity index (χ2n) is 4.76. The van der Waals surface area contributed by atoms with Gasteiger partial charge in [-0.15, -0.1) is 11.3 Å². The van der Waals surface area contributed by atoms with Gasteiger partial charge in [-0.25, -0.2) is 0 Å². The molecule has 0 aliphatic carbocycles. The summed E-state index contributed by atoms with van der Waals surface area (Å²) >= 11 is 1.78. The topological polar surface area (TPSA) is 38.9 Å². The molecule has 0 amide bonds. The van der Waals surface area contributed by atoms with Gasteiger partial charge >= 0.3 is 0 Å². The van der Waals surface area contributed by atoms with Crippen molar-refractivity contribution in [3.05, 3.63) is 65.3 Å². The van der Waals surface area contributed by atoms with E-state index in [9.17, 15) is 0 Å². The Morgan fingerprint density at radius 2 is 1.89 bits per heavy atom. The first-order valence-electron chi connectivity index (χ1n) is 6.40. The summed E-state index contributed by atoms with van der Waals surface area (Å²) in [4.78, 5) is 5.63. The van der Waals surface area contributed by atoms with Crippen molar-refractivity contribution in [3.8, 4) is 0 Å². The molecule has 2 unspecified atom stereocenters. The highest BCUT2D eigenvalue weighted by Crippen LogP contribution is 2.34. The first-order valence-corrected chi connectivity index (χ1v) is 7.22. The number of aromatic nitrogens is 1. The molecule has 0 aliphatic heterocycles. The van der Waals surface area contributed by atoms with Crippen LogP contribution in [0.5, 0.6) is 0 Å². The predicted molar refractivity (Wildman–Crippen MR) is 81.4 cm³/mol. The first kappa shape index (κ1) is 12.3. The summed E-state index contributed by atoms with van der Waals surface area (Å²) in [5.41, 5.74) is 7.45. The molecule has 0 aliphatic rings. The van der Waals surface area contributed by atoms with Crippen LogP contribution in [0.2, 0.25) is 0 Å². The van der Waals surface area contributed by atoms with Crippen LogP contribution in [0.4, 0.5) is 0 Å². The maximum atomic E-state index is 6.40. The highest BCUT2D eigenvalue weighted by Gasteiger charge is 2.19. The van der Waals surface area contributed by atoms with Crippen molar-refractivity contribution >= 4 is 21.4 Å². The largest absolute Gasteiger partial charge is 0.323 e. The summed E-state index contributed by atoms with van der Waals surface area (Å²) in [5, 5.41) is 1.27. The minimum atomic E-state index is -0.00713. The molecular weight excluding hydrogens is 252 g/mol. The third-order valence-electron chi connectivity index (χ3n) is 3.47. The van der Waals surface area contributed by atoms with E-state index in [0.29, 0.717) is 0 Å². The Kier molecular flexibility index (Phi) is 3.32. The normalized spacial score (nSPS) is 14.4. The second-order valence-corrected chi connectivity index (χ2v) is 5.87. The molecular formula is C16H16N2S. The molecule has 0 fully saturated rings. The van der Waals surface area contributed by atoms with E-state index >= 15 is 0 Å². The van der Waals surface area contributed by atoms with Gasteiger partial charge in [0.15, 0.2) is 0 Å². The Hall–Kier alpha value is -1.71. The molecule has 1 aromatic carbocycles. The summed E-state index contributed by atoms with van der Waals surface area (Å²) < 4.78 is 1.29. The molecule has 0 radical (unpaired) electrons. The van der Waals surface area contributed by atoms with Crippen LogP contribution in [0.3, 0.4) is 0 Å². The van der Waals surface area contributed by atoms with E-state index in [1.165, 1.54) is 15.0 Å². The molecule has 2 atom stereocenters. The fourth-order valence-corrected chi connectivity index (χ4v) is 3.41. The van der Waals surface area contributed by atoms with Gasteiger partial charge in [0.2, 0.25) is 0 Å². The summed E-state index contributed by atoms with van der Waals surface area (Å²) in [6.45, 7) is 2.14. The highest BCUT2D eigenvalue weighted by atomic mass is 32.1. The van der Waals surface area contributed by atoms with Crippen molar-refractivity contribution in [3.63, 3.8) is 0 Å². The molecule has 2 heterocycles. The van der Waals surface area contributed by atoms with E-state index in [4.69, 9.17) is 5.73 Å². The number of rotatable bonds is 3.